The number of aromatic amines is 1. The van der Waals surface area contributed by atoms with E-state index < -0.39 is 0 Å². The Balaban J connectivity index is 1.93. The van der Waals surface area contributed by atoms with Crippen molar-refractivity contribution in [1.82, 2.24) is 15.2 Å². The van der Waals surface area contributed by atoms with Crippen molar-refractivity contribution < 1.29 is 4.79 Å². The fraction of sp³-hybridized carbons (Fsp3) is 0.222. The van der Waals surface area contributed by atoms with Crippen LogP contribution in [0.4, 0.5) is 5.95 Å². The van der Waals surface area contributed by atoms with E-state index in [0.29, 0.717) is 18.2 Å². The summed E-state index contributed by atoms with van der Waals surface area (Å²) in [6.45, 7) is 1.78. The zero-order chi connectivity index (χ0) is 10.7. The number of carbonyl (C=O) groups is 1. The number of rotatable bonds is 3. The molecule has 2 heterocycles. The Hall–Kier alpha value is -1.69. The van der Waals surface area contributed by atoms with Gasteiger partial charge in [0.05, 0.1) is 6.42 Å². The molecular formula is C9H10N4OS. The lowest BCUT2D eigenvalue weighted by atomic mass is 10.2. The van der Waals surface area contributed by atoms with Crippen molar-refractivity contribution in [3.05, 3.63) is 28.2 Å². The minimum atomic E-state index is -0.104. The Labute approximate surface area is 90.6 Å². The number of hydrogen-bond donors (Lipinski definition) is 2. The Morgan fingerprint density at radius 1 is 1.67 bits per heavy atom. The number of H-pyrrole nitrogens is 1. The molecule has 2 N–H and O–H groups in total. The summed E-state index contributed by atoms with van der Waals surface area (Å²) >= 11 is 1.57. The van der Waals surface area contributed by atoms with Crippen LogP contribution in [0.15, 0.2) is 16.8 Å². The molecule has 0 aliphatic carbocycles. The molecule has 1 amide bonds. The second kappa shape index (κ2) is 4.22. The summed E-state index contributed by atoms with van der Waals surface area (Å²) < 4.78 is 0. The molecular weight excluding hydrogens is 212 g/mol. The summed E-state index contributed by atoms with van der Waals surface area (Å²) in [5.41, 5.74) is 1.00. The van der Waals surface area contributed by atoms with Crippen molar-refractivity contribution >= 4 is 23.2 Å². The van der Waals surface area contributed by atoms with Gasteiger partial charge in [0, 0.05) is 0 Å². The number of anilines is 1. The van der Waals surface area contributed by atoms with Crippen LogP contribution in [0, 0.1) is 6.92 Å². The van der Waals surface area contributed by atoms with Crippen LogP contribution in [-0.4, -0.2) is 21.1 Å². The van der Waals surface area contributed by atoms with Crippen molar-refractivity contribution in [3.8, 4) is 0 Å². The molecule has 0 saturated carbocycles. The zero-order valence-corrected chi connectivity index (χ0v) is 8.97. The Morgan fingerprint density at radius 3 is 3.13 bits per heavy atom. The van der Waals surface area contributed by atoms with Gasteiger partial charge < -0.3 is 0 Å². The van der Waals surface area contributed by atoms with Crippen LogP contribution < -0.4 is 5.32 Å². The Bertz CT molecular complexity index is 448. The molecule has 2 aromatic rings. The second-order valence-electron chi connectivity index (χ2n) is 3.10. The molecule has 15 heavy (non-hydrogen) atoms. The standard InChI is InChI=1S/C9H10N4OS/c1-6-10-9(13-12-6)11-8(14)4-7-2-3-15-5-7/h2-3,5H,4H2,1H3,(H2,10,11,12,13,14). The molecule has 0 unspecified atom stereocenters. The van der Waals surface area contributed by atoms with E-state index in [1.165, 1.54) is 0 Å². The number of carbonyl (C=O) groups excluding carboxylic acids is 1. The molecule has 0 spiro atoms. The fourth-order valence-electron chi connectivity index (χ4n) is 1.15. The number of aryl methyl sites for hydroxylation is 1. The molecule has 0 saturated heterocycles. The Morgan fingerprint density at radius 2 is 2.53 bits per heavy atom. The highest BCUT2D eigenvalue weighted by atomic mass is 32.1. The summed E-state index contributed by atoms with van der Waals surface area (Å²) in [6, 6.07) is 1.92. The van der Waals surface area contributed by atoms with Crippen molar-refractivity contribution in [2.75, 3.05) is 5.32 Å². The van der Waals surface area contributed by atoms with Crippen LogP contribution >= 0.6 is 11.3 Å². The van der Waals surface area contributed by atoms with Gasteiger partial charge in [-0.05, 0) is 29.3 Å². The van der Waals surface area contributed by atoms with Crippen LogP contribution in [0.2, 0.25) is 0 Å². The molecule has 0 aliphatic heterocycles. The van der Waals surface area contributed by atoms with Gasteiger partial charge in [-0.15, -0.1) is 5.10 Å². The van der Waals surface area contributed by atoms with Gasteiger partial charge in [0.1, 0.15) is 5.82 Å². The predicted octanol–water partition coefficient (Wildman–Crippen LogP) is 1.36. The normalized spacial score (nSPS) is 10.2. The van der Waals surface area contributed by atoms with Gasteiger partial charge in [0.25, 0.3) is 0 Å². The average Bonchev–Trinajstić information content (AvgIpc) is 2.77. The summed E-state index contributed by atoms with van der Waals surface area (Å²) in [5.74, 6) is 0.904. The largest absolute Gasteiger partial charge is 0.293 e. The first-order valence-corrected chi connectivity index (χ1v) is 5.38. The lowest BCUT2D eigenvalue weighted by Gasteiger charge is -1.97. The third kappa shape index (κ3) is 2.63. The minimum absolute atomic E-state index is 0.104. The number of amides is 1. The van der Waals surface area contributed by atoms with Gasteiger partial charge >= 0.3 is 0 Å². The highest BCUT2D eigenvalue weighted by molar-refractivity contribution is 7.07. The van der Waals surface area contributed by atoms with E-state index in [1.807, 2.05) is 16.8 Å². The molecule has 0 aromatic carbocycles. The summed E-state index contributed by atoms with van der Waals surface area (Å²) in [4.78, 5) is 15.5. The van der Waals surface area contributed by atoms with Crippen LogP contribution in [-0.2, 0) is 11.2 Å². The molecule has 2 aromatic heterocycles. The van der Waals surface area contributed by atoms with Crippen molar-refractivity contribution in [1.29, 1.82) is 0 Å². The summed E-state index contributed by atoms with van der Waals surface area (Å²) in [7, 11) is 0. The van der Waals surface area contributed by atoms with Gasteiger partial charge in [-0.25, -0.2) is 0 Å². The van der Waals surface area contributed by atoms with Crippen LogP contribution in [0.5, 0.6) is 0 Å². The third-order valence-electron chi connectivity index (χ3n) is 1.79. The van der Waals surface area contributed by atoms with E-state index in [2.05, 4.69) is 20.5 Å². The maximum Gasteiger partial charge on any atom is 0.248 e. The van der Waals surface area contributed by atoms with E-state index in [-0.39, 0.29) is 5.91 Å². The quantitative estimate of drug-likeness (QED) is 0.823. The van der Waals surface area contributed by atoms with E-state index in [4.69, 9.17) is 0 Å². The fourth-order valence-corrected chi connectivity index (χ4v) is 1.81. The molecule has 2 rings (SSSR count). The topological polar surface area (TPSA) is 70.7 Å². The number of hydrogen-bond acceptors (Lipinski definition) is 4. The lowest BCUT2D eigenvalue weighted by molar-refractivity contribution is -0.115. The van der Waals surface area contributed by atoms with Gasteiger partial charge in [-0.1, -0.05) is 0 Å². The zero-order valence-electron chi connectivity index (χ0n) is 8.15. The van der Waals surface area contributed by atoms with Crippen LogP contribution in [0.25, 0.3) is 0 Å². The molecule has 0 aliphatic rings. The summed E-state index contributed by atoms with van der Waals surface area (Å²) in [6.07, 6.45) is 0.358. The van der Waals surface area contributed by atoms with Crippen LogP contribution in [0.1, 0.15) is 11.4 Å². The first kappa shape index (κ1) is 9.85. The molecule has 0 atom stereocenters. The maximum absolute atomic E-state index is 11.5. The van der Waals surface area contributed by atoms with E-state index >= 15 is 0 Å². The molecule has 78 valence electrons. The van der Waals surface area contributed by atoms with E-state index in [1.54, 1.807) is 18.3 Å². The summed E-state index contributed by atoms with van der Waals surface area (Å²) in [5, 5.41) is 13.0. The van der Waals surface area contributed by atoms with E-state index in [0.717, 1.165) is 5.56 Å². The van der Waals surface area contributed by atoms with Gasteiger partial charge in [0.15, 0.2) is 0 Å². The second-order valence-corrected chi connectivity index (χ2v) is 3.88. The average molecular weight is 222 g/mol. The molecule has 0 bridgehead atoms. The Kier molecular flexibility index (Phi) is 2.77. The lowest BCUT2D eigenvalue weighted by Crippen LogP contribution is -2.14. The highest BCUT2D eigenvalue weighted by Gasteiger charge is 2.06. The van der Waals surface area contributed by atoms with Gasteiger partial charge in [0.2, 0.25) is 11.9 Å². The number of nitrogens with one attached hydrogen (secondary N) is 2. The first-order chi connectivity index (χ1) is 7.24. The smallest absolute Gasteiger partial charge is 0.248 e. The third-order valence-corrected chi connectivity index (χ3v) is 2.53. The van der Waals surface area contributed by atoms with Crippen molar-refractivity contribution in [2.45, 2.75) is 13.3 Å². The molecule has 5 nitrogen and oxygen atoms in total. The first-order valence-electron chi connectivity index (χ1n) is 4.44. The van der Waals surface area contributed by atoms with Crippen LogP contribution in [0.3, 0.4) is 0 Å². The number of aromatic nitrogens is 3. The minimum Gasteiger partial charge on any atom is -0.293 e. The predicted molar refractivity (Wildman–Crippen MR) is 57.8 cm³/mol. The van der Waals surface area contributed by atoms with Gasteiger partial charge in [-0.2, -0.15) is 16.3 Å². The van der Waals surface area contributed by atoms with Crippen molar-refractivity contribution in [2.24, 2.45) is 0 Å². The number of nitrogens with zero attached hydrogens (tertiary/aromatic N) is 2. The SMILES string of the molecule is Cc1nc(NC(=O)Cc2ccsc2)n[nH]1. The molecule has 0 fully saturated rings. The van der Waals surface area contributed by atoms with Crippen molar-refractivity contribution in [3.63, 3.8) is 0 Å². The van der Waals surface area contributed by atoms with Gasteiger partial charge in [-0.3, -0.25) is 15.2 Å². The maximum atomic E-state index is 11.5. The monoisotopic (exact) mass is 222 g/mol. The molecule has 6 heteroatoms. The van der Waals surface area contributed by atoms with E-state index in [9.17, 15) is 4.79 Å². The number of thiophene rings is 1. The molecule has 0 radical (unpaired) electrons. The highest BCUT2D eigenvalue weighted by Crippen LogP contribution is 2.07.